The van der Waals surface area contributed by atoms with E-state index < -0.39 is 5.82 Å². The summed E-state index contributed by atoms with van der Waals surface area (Å²) in [6.45, 7) is 0. The lowest BCUT2D eigenvalue weighted by Gasteiger charge is -2.11. The van der Waals surface area contributed by atoms with E-state index in [1.165, 1.54) is 24.9 Å². The first-order chi connectivity index (χ1) is 12.7. The van der Waals surface area contributed by atoms with E-state index in [-0.39, 0.29) is 5.75 Å². The molecule has 0 aliphatic carbocycles. The third kappa shape index (κ3) is 3.72. The average molecular weight is 376 g/mol. The van der Waals surface area contributed by atoms with Crippen molar-refractivity contribution >= 4 is 11.8 Å². The molecule has 0 spiro atoms. The van der Waals surface area contributed by atoms with Gasteiger partial charge in [-0.25, -0.2) is 4.39 Å². The summed E-state index contributed by atoms with van der Waals surface area (Å²) in [6.07, 6.45) is 0. The SMILES string of the molecule is COc1ccc(OC)c(-n2nnnc2SCc2ccc(OC)c(F)c2)c1. The number of nitrogens with zero attached hydrogens (tertiary/aromatic N) is 4. The number of aromatic nitrogens is 4. The van der Waals surface area contributed by atoms with Gasteiger partial charge in [-0.3, -0.25) is 0 Å². The molecular weight excluding hydrogens is 359 g/mol. The van der Waals surface area contributed by atoms with Crippen molar-refractivity contribution in [2.75, 3.05) is 21.3 Å². The van der Waals surface area contributed by atoms with Gasteiger partial charge in [-0.1, -0.05) is 17.8 Å². The van der Waals surface area contributed by atoms with Crippen molar-refractivity contribution in [3.05, 3.63) is 47.8 Å². The normalized spacial score (nSPS) is 10.6. The van der Waals surface area contributed by atoms with Gasteiger partial charge < -0.3 is 14.2 Å². The van der Waals surface area contributed by atoms with Crippen LogP contribution in [-0.4, -0.2) is 41.5 Å². The minimum atomic E-state index is -0.403. The monoisotopic (exact) mass is 376 g/mol. The number of ether oxygens (including phenoxy) is 3. The Hall–Kier alpha value is -2.81. The van der Waals surface area contributed by atoms with Gasteiger partial charge in [-0.2, -0.15) is 4.68 Å². The Morgan fingerprint density at radius 1 is 1.00 bits per heavy atom. The quantitative estimate of drug-likeness (QED) is 0.587. The summed E-state index contributed by atoms with van der Waals surface area (Å²) in [5.41, 5.74) is 1.45. The second kappa shape index (κ2) is 8.05. The van der Waals surface area contributed by atoms with Crippen LogP contribution in [0, 0.1) is 5.82 Å². The first-order valence-electron chi connectivity index (χ1n) is 7.62. The van der Waals surface area contributed by atoms with Crippen LogP contribution >= 0.6 is 11.8 Å². The fourth-order valence-corrected chi connectivity index (χ4v) is 3.16. The molecule has 7 nitrogen and oxygen atoms in total. The van der Waals surface area contributed by atoms with Crippen LogP contribution in [0.2, 0.25) is 0 Å². The highest BCUT2D eigenvalue weighted by molar-refractivity contribution is 7.98. The number of thioether (sulfide) groups is 1. The van der Waals surface area contributed by atoms with Crippen LogP contribution in [0.4, 0.5) is 4.39 Å². The molecule has 0 fully saturated rings. The molecule has 0 bridgehead atoms. The topological polar surface area (TPSA) is 71.3 Å². The first-order valence-corrected chi connectivity index (χ1v) is 8.60. The molecular formula is C17H17FN4O3S. The van der Waals surface area contributed by atoms with E-state index in [4.69, 9.17) is 14.2 Å². The van der Waals surface area contributed by atoms with Crippen molar-refractivity contribution in [3.8, 4) is 22.9 Å². The minimum absolute atomic E-state index is 0.213. The lowest BCUT2D eigenvalue weighted by Crippen LogP contribution is -2.02. The van der Waals surface area contributed by atoms with E-state index >= 15 is 0 Å². The summed E-state index contributed by atoms with van der Waals surface area (Å²) < 4.78 is 31.0. The third-order valence-electron chi connectivity index (χ3n) is 3.64. The van der Waals surface area contributed by atoms with E-state index in [0.717, 1.165) is 5.56 Å². The van der Waals surface area contributed by atoms with Crippen molar-refractivity contribution in [2.45, 2.75) is 10.9 Å². The first kappa shape index (κ1) is 18.0. The van der Waals surface area contributed by atoms with Crippen LogP contribution in [-0.2, 0) is 5.75 Å². The number of benzene rings is 2. The molecule has 0 N–H and O–H groups in total. The molecule has 26 heavy (non-hydrogen) atoms. The number of hydrogen-bond donors (Lipinski definition) is 0. The number of hydrogen-bond acceptors (Lipinski definition) is 7. The molecule has 3 aromatic rings. The number of tetrazole rings is 1. The van der Waals surface area contributed by atoms with Crippen molar-refractivity contribution < 1.29 is 18.6 Å². The zero-order chi connectivity index (χ0) is 18.5. The van der Waals surface area contributed by atoms with Crippen LogP contribution in [0.5, 0.6) is 17.2 Å². The molecule has 0 aliphatic rings. The fraction of sp³-hybridized carbons (Fsp3) is 0.235. The van der Waals surface area contributed by atoms with Crippen LogP contribution in [0.15, 0.2) is 41.6 Å². The molecule has 9 heteroatoms. The van der Waals surface area contributed by atoms with Crippen molar-refractivity contribution in [2.24, 2.45) is 0 Å². The van der Waals surface area contributed by atoms with Crippen LogP contribution in [0.25, 0.3) is 5.69 Å². The standard InChI is InChI=1S/C17H17FN4O3S/c1-23-12-5-7-16(25-3)14(9-12)22-17(19-20-21-22)26-10-11-4-6-15(24-2)13(18)8-11/h4-9H,10H2,1-3H3. The average Bonchev–Trinajstić information content (AvgIpc) is 3.14. The number of halogens is 1. The maximum atomic E-state index is 13.8. The highest BCUT2D eigenvalue weighted by atomic mass is 32.2. The van der Waals surface area contributed by atoms with Gasteiger partial charge in [0.2, 0.25) is 5.16 Å². The molecule has 1 aromatic heterocycles. The Morgan fingerprint density at radius 2 is 1.77 bits per heavy atom. The van der Waals surface area contributed by atoms with Gasteiger partial charge in [-0.15, -0.1) is 5.10 Å². The zero-order valence-electron chi connectivity index (χ0n) is 14.5. The number of methoxy groups -OCH3 is 3. The maximum absolute atomic E-state index is 13.8. The van der Waals surface area contributed by atoms with E-state index in [1.54, 1.807) is 49.2 Å². The Balaban J connectivity index is 1.84. The Morgan fingerprint density at radius 3 is 2.46 bits per heavy atom. The van der Waals surface area contributed by atoms with Crippen molar-refractivity contribution in [3.63, 3.8) is 0 Å². The van der Waals surface area contributed by atoms with Crippen LogP contribution < -0.4 is 14.2 Å². The summed E-state index contributed by atoms with van der Waals surface area (Å²) in [7, 11) is 4.59. The van der Waals surface area contributed by atoms with Gasteiger partial charge in [0.05, 0.1) is 21.3 Å². The smallest absolute Gasteiger partial charge is 0.214 e. The van der Waals surface area contributed by atoms with Gasteiger partial charge in [0, 0.05) is 11.8 Å². The largest absolute Gasteiger partial charge is 0.497 e. The summed E-state index contributed by atoms with van der Waals surface area (Å²) in [4.78, 5) is 0. The summed E-state index contributed by atoms with van der Waals surface area (Å²) in [5.74, 6) is 1.57. The molecule has 0 atom stereocenters. The Bertz CT molecular complexity index is 903. The summed E-state index contributed by atoms with van der Waals surface area (Å²) in [6, 6.07) is 10.2. The summed E-state index contributed by atoms with van der Waals surface area (Å²) in [5, 5.41) is 12.4. The molecule has 1 heterocycles. The van der Waals surface area contributed by atoms with E-state index in [0.29, 0.717) is 28.1 Å². The highest BCUT2D eigenvalue weighted by Crippen LogP contribution is 2.31. The van der Waals surface area contributed by atoms with Gasteiger partial charge >= 0.3 is 0 Å². The maximum Gasteiger partial charge on any atom is 0.214 e. The summed E-state index contributed by atoms with van der Waals surface area (Å²) >= 11 is 1.38. The Labute approximate surface area is 154 Å². The highest BCUT2D eigenvalue weighted by Gasteiger charge is 2.15. The molecule has 0 amide bonds. The molecule has 0 radical (unpaired) electrons. The molecule has 2 aromatic carbocycles. The molecule has 0 aliphatic heterocycles. The molecule has 136 valence electrons. The Kier molecular flexibility index (Phi) is 5.57. The predicted octanol–water partition coefficient (Wildman–Crippen LogP) is 3.12. The van der Waals surface area contributed by atoms with Gasteiger partial charge in [0.15, 0.2) is 11.6 Å². The van der Waals surface area contributed by atoms with Crippen LogP contribution in [0.1, 0.15) is 5.56 Å². The predicted molar refractivity (Wildman–Crippen MR) is 94.8 cm³/mol. The lowest BCUT2D eigenvalue weighted by atomic mass is 10.2. The molecule has 0 unspecified atom stereocenters. The zero-order valence-corrected chi connectivity index (χ0v) is 15.3. The van der Waals surface area contributed by atoms with Gasteiger partial charge in [0.1, 0.15) is 17.2 Å². The molecule has 0 saturated carbocycles. The van der Waals surface area contributed by atoms with Gasteiger partial charge in [-0.05, 0) is 40.3 Å². The van der Waals surface area contributed by atoms with E-state index in [9.17, 15) is 4.39 Å². The van der Waals surface area contributed by atoms with E-state index in [1.807, 2.05) is 0 Å². The van der Waals surface area contributed by atoms with Crippen LogP contribution in [0.3, 0.4) is 0 Å². The second-order valence-corrected chi connectivity index (χ2v) is 6.11. The van der Waals surface area contributed by atoms with Crippen molar-refractivity contribution in [1.29, 1.82) is 0 Å². The third-order valence-corrected chi connectivity index (χ3v) is 4.63. The van der Waals surface area contributed by atoms with Gasteiger partial charge in [0.25, 0.3) is 0 Å². The second-order valence-electron chi connectivity index (χ2n) is 5.17. The van der Waals surface area contributed by atoms with E-state index in [2.05, 4.69) is 15.5 Å². The minimum Gasteiger partial charge on any atom is -0.497 e. The molecule has 3 rings (SSSR count). The number of rotatable bonds is 7. The fourth-order valence-electron chi connectivity index (χ4n) is 2.33. The lowest BCUT2D eigenvalue weighted by molar-refractivity contribution is 0.386. The van der Waals surface area contributed by atoms with Crippen molar-refractivity contribution in [1.82, 2.24) is 20.2 Å². The molecule has 0 saturated heterocycles.